The number of alkyl halides is 3. The highest BCUT2D eigenvalue weighted by Gasteiger charge is 2.36. The Balaban J connectivity index is 1.51. The van der Waals surface area contributed by atoms with Crippen LogP contribution in [-0.2, 0) is 17.4 Å². The van der Waals surface area contributed by atoms with Crippen LogP contribution in [0.5, 0.6) is 0 Å². The van der Waals surface area contributed by atoms with Gasteiger partial charge in [-0.15, -0.1) is 0 Å². The number of fused-ring (bicyclic) bond motifs is 1. The lowest BCUT2D eigenvalue weighted by molar-refractivity contribution is -0.142. The molecule has 4 heterocycles. The molecule has 4 rings (SSSR count). The minimum absolute atomic E-state index is 0.0372. The summed E-state index contributed by atoms with van der Waals surface area (Å²) in [6.07, 6.45) is -3.18. The van der Waals surface area contributed by atoms with E-state index < -0.39 is 11.9 Å². The fourth-order valence-corrected chi connectivity index (χ4v) is 3.80. The molecule has 3 aromatic heterocycles. The minimum atomic E-state index is -4.53. The molecule has 1 aliphatic heterocycles. The molecule has 1 aliphatic rings. The lowest BCUT2D eigenvalue weighted by atomic mass is 9.93. The molecular formula is C20H23F3N6O2. The Hall–Kier alpha value is -2.98. The number of piperidine rings is 1. The predicted octanol–water partition coefficient (Wildman–Crippen LogP) is 3.51. The molecule has 0 atom stereocenters. The third-order valence-electron chi connectivity index (χ3n) is 5.68. The number of hydrogen-bond acceptors (Lipinski definition) is 6. The summed E-state index contributed by atoms with van der Waals surface area (Å²) in [6, 6.07) is 2.70. The molecule has 3 aromatic rings. The van der Waals surface area contributed by atoms with Gasteiger partial charge in [0, 0.05) is 30.8 Å². The largest absolute Gasteiger partial charge is 0.433 e. The number of carbonyl (C=O) groups is 1. The summed E-state index contributed by atoms with van der Waals surface area (Å²) in [7, 11) is 0. The van der Waals surface area contributed by atoms with Gasteiger partial charge in [-0.3, -0.25) is 4.79 Å². The van der Waals surface area contributed by atoms with Gasteiger partial charge in [-0.05, 0) is 31.7 Å². The first-order chi connectivity index (χ1) is 14.6. The van der Waals surface area contributed by atoms with Gasteiger partial charge in [0.05, 0.1) is 12.1 Å². The molecule has 166 valence electrons. The van der Waals surface area contributed by atoms with E-state index in [9.17, 15) is 18.0 Å². The number of nitrogens with zero attached hydrogens (tertiary/aromatic N) is 6. The van der Waals surface area contributed by atoms with Gasteiger partial charge in [0.2, 0.25) is 5.91 Å². The molecule has 0 aromatic carbocycles. The molecule has 0 bridgehead atoms. The fraction of sp³-hybridized carbons (Fsp3) is 0.550. The molecule has 0 radical (unpaired) electrons. The summed E-state index contributed by atoms with van der Waals surface area (Å²) < 4.78 is 46.3. The van der Waals surface area contributed by atoms with E-state index in [-0.39, 0.29) is 29.8 Å². The molecule has 1 fully saturated rings. The van der Waals surface area contributed by atoms with Crippen molar-refractivity contribution in [3.05, 3.63) is 40.6 Å². The van der Waals surface area contributed by atoms with Gasteiger partial charge in [0.1, 0.15) is 17.1 Å². The van der Waals surface area contributed by atoms with Gasteiger partial charge in [-0.2, -0.15) is 18.3 Å². The van der Waals surface area contributed by atoms with Crippen LogP contribution in [0.4, 0.5) is 13.2 Å². The standard InChI is InChI=1S/C20H23F3N6O2/c1-11(2)14-8-17(20(21,22)23)29-18(24-14)9-16(25-29)13-4-6-28(7-5-13)19(30)10-15-12(3)26-31-27-15/h8-9,11,13H,4-7,10H2,1-3H3. The number of halogens is 3. The van der Waals surface area contributed by atoms with Crippen LogP contribution in [0, 0.1) is 6.92 Å². The van der Waals surface area contributed by atoms with Crippen LogP contribution in [0.25, 0.3) is 5.65 Å². The fourth-order valence-electron chi connectivity index (χ4n) is 3.80. The second kappa shape index (κ2) is 7.93. The van der Waals surface area contributed by atoms with Crippen LogP contribution in [0.1, 0.15) is 67.0 Å². The molecule has 31 heavy (non-hydrogen) atoms. The van der Waals surface area contributed by atoms with E-state index in [1.165, 1.54) is 0 Å². The zero-order valence-electron chi connectivity index (χ0n) is 17.5. The number of aromatic nitrogens is 5. The molecule has 1 amide bonds. The summed E-state index contributed by atoms with van der Waals surface area (Å²) in [6.45, 7) is 6.33. The van der Waals surface area contributed by atoms with Gasteiger partial charge >= 0.3 is 6.18 Å². The predicted molar refractivity (Wildman–Crippen MR) is 103 cm³/mol. The van der Waals surface area contributed by atoms with Crippen molar-refractivity contribution in [1.29, 1.82) is 0 Å². The summed E-state index contributed by atoms with van der Waals surface area (Å²) in [5, 5.41) is 11.7. The topological polar surface area (TPSA) is 89.4 Å². The number of rotatable bonds is 4. The quantitative estimate of drug-likeness (QED) is 0.622. The molecule has 11 heteroatoms. The summed E-state index contributed by atoms with van der Waals surface area (Å²) in [5.41, 5.74) is 1.42. The maximum absolute atomic E-state index is 13.6. The van der Waals surface area contributed by atoms with Crippen LogP contribution in [0.2, 0.25) is 0 Å². The minimum Gasteiger partial charge on any atom is -0.342 e. The highest BCUT2D eigenvalue weighted by Crippen LogP contribution is 2.33. The maximum Gasteiger partial charge on any atom is 0.433 e. The van der Waals surface area contributed by atoms with Crippen molar-refractivity contribution in [2.75, 3.05) is 13.1 Å². The Bertz CT molecular complexity index is 1100. The SMILES string of the molecule is Cc1nonc1CC(=O)N1CCC(c2cc3nc(C(C)C)cc(C(F)(F)F)n3n2)CC1. The van der Waals surface area contributed by atoms with Gasteiger partial charge in [0.25, 0.3) is 0 Å². The molecule has 0 N–H and O–H groups in total. The number of aryl methyl sites for hydroxylation is 1. The Labute approximate surface area is 176 Å². The van der Waals surface area contributed by atoms with E-state index in [0.29, 0.717) is 48.7 Å². The van der Waals surface area contributed by atoms with E-state index in [1.807, 2.05) is 0 Å². The zero-order valence-corrected chi connectivity index (χ0v) is 17.5. The smallest absolute Gasteiger partial charge is 0.342 e. The summed E-state index contributed by atoms with van der Waals surface area (Å²) in [5.74, 6) is -0.248. The first-order valence-electron chi connectivity index (χ1n) is 10.2. The maximum atomic E-state index is 13.6. The van der Waals surface area contributed by atoms with Gasteiger partial charge in [-0.25, -0.2) is 14.1 Å². The number of hydrogen-bond donors (Lipinski definition) is 0. The lowest BCUT2D eigenvalue weighted by Crippen LogP contribution is -2.39. The monoisotopic (exact) mass is 436 g/mol. The molecule has 0 aliphatic carbocycles. The van der Waals surface area contributed by atoms with Gasteiger partial charge in [0.15, 0.2) is 5.65 Å². The first-order valence-corrected chi connectivity index (χ1v) is 10.2. The van der Waals surface area contributed by atoms with E-state index in [1.54, 1.807) is 31.7 Å². The highest BCUT2D eigenvalue weighted by atomic mass is 19.4. The lowest BCUT2D eigenvalue weighted by Gasteiger charge is -2.31. The van der Waals surface area contributed by atoms with E-state index >= 15 is 0 Å². The van der Waals surface area contributed by atoms with E-state index in [4.69, 9.17) is 0 Å². The first kappa shape index (κ1) is 21.3. The van der Waals surface area contributed by atoms with Gasteiger partial charge < -0.3 is 4.90 Å². The van der Waals surface area contributed by atoms with Gasteiger partial charge in [-0.1, -0.05) is 24.2 Å². The third kappa shape index (κ3) is 4.26. The third-order valence-corrected chi connectivity index (χ3v) is 5.68. The molecule has 8 nitrogen and oxygen atoms in total. The Morgan fingerprint density at radius 2 is 1.94 bits per heavy atom. The molecule has 0 spiro atoms. The van der Waals surface area contributed by atoms with Crippen LogP contribution >= 0.6 is 0 Å². The average Bonchev–Trinajstić information content (AvgIpc) is 3.32. The second-order valence-electron chi connectivity index (χ2n) is 8.19. The van der Waals surface area contributed by atoms with Crippen LogP contribution in [-0.4, -0.2) is 48.8 Å². The van der Waals surface area contributed by atoms with Crippen molar-refractivity contribution in [1.82, 2.24) is 29.8 Å². The second-order valence-corrected chi connectivity index (χ2v) is 8.19. The Kier molecular flexibility index (Phi) is 5.44. The van der Waals surface area contributed by atoms with Crippen LogP contribution in [0.3, 0.4) is 0 Å². The van der Waals surface area contributed by atoms with Crippen molar-refractivity contribution in [3.8, 4) is 0 Å². The molecular weight excluding hydrogens is 413 g/mol. The Morgan fingerprint density at radius 3 is 2.52 bits per heavy atom. The zero-order chi connectivity index (χ0) is 22.3. The van der Waals surface area contributed by atoms with Crippen molar-refractivity contribution in [2.24, 2.45) is 0 Å². The average molecular weight is 436 g/mol. The van der Waals surface area contributed by atoms with Crippen LogP contribution < -0.4 is 0 Å². The number of carbonyl (C=O) groups excluding carboxylic acids is 1. The van der Waals surface area contributed by atoms with Crippen molar-refractivity contribution in [2.45, 2.75) is 58.0 Å². The Morgan fingerprint density at radius 1 is 1.23 bits per heavy atom. The van der Waals surface area contributed by atoms with Crippen molar-refractivity contribution >= 4 is 11.6 Å². The van der Waals surface area contributed by atoms with Crippen molar-refractivity contribution < 1.29 is 22.6 Å². The molecule has 0 unspecified atom stereocenters. The number of amides is 1. The number of likely N-dealkylation sites (tertiary alicyclic amines) is 1. The summed E-state index contributed by atoms with van der Waals surface area (Å²) >= 11 is 0. The normalized spacial score (nSPS) is 15.9. The molecule has 1 saturated heterocycles. The van der Waals surface area contributed by atoms with Crippen molar-refractivity contribution in [3.63, 3.8) is 0 Å². The summed E-state index contributed by atoms with van der Waals surface area (Å²) in [4.78, 5) is 18.6. The van der Waals surface area contributed by atoms with Crippen LogP contribution in [0.15, 0.2) is 16.8 Å². The van der Waals surface area contributed by atoms with E-state index in [0.717, 1.165) is 10.6 Å². The highest BCUT2D eigenvalue weighted by molar-refractivity contribution is 5.78. The molecule has 0 saturated carbocycles. The van der Waals surface area contributed by atoms with E-state index in [2.05, 4.69) is 25.0 Å².